The smallest absolute Gasteiger partial charge is 0.113 e. The molecule has 1 N–H and O–H groups in total. The summed E-state index contributed by atoms with van der Waals surface area (Å²) in [6, 6.07) is 3.79. The summed E-state index contributed by atoms with van der Waals surface area (Å²) in [5.41, 5.74) is 1.83. The van der Waals surface area contributed by atoms with Crippen molar-refractivity contribution >= 4 is 0 Å². The third kappa shape index (κ3) is 2.73. The highest BCUT2D eigenvalue weighted by Gasteiger charge is 1.89. The molecule has 0 fully saturated rings. The summed E-state index contributed by atoms with van der Waals surface area (Å²) in [5.74, 6) is 5.41. The van der Waals surface area contributed by atoms with Crippen LogP contribution in [0.1, 0.15) is 18.2 Å². The first-order chi connectivity index (χ1) is 5.68. The third-order valence-electron chi connectivity index (χ3n) is 1.32. The number of aromatic nitrogens is 1. The van der Waals surface area contributed by atoms with Crippen molar-refractivity contribution < 1.29 is 5.11 Å². The highest BCUT2D eigenvalue weighted by molar-refractivity contribution is 5.30. The number of rotatable bonds is 0. The van der Waals surface area contributed by atoms with Gasteiger partial charge in [-0.15, -0.1) is 0 Å². The number of hydrogen-bond acceptors (Lipinski definition) is 2. The van der Waals surface area contributed by atoms with E-state index in [9.17, 15) is 0 Å². The Balaban J connectivity index is 2.85. The van der Waals surface area contributed by atoms with Gasteiger partial charge < -0.3 is 5.11 Å². The van der Waals surface area contributed by atoms with E-state index < -0.39 is 6.10 Å². The SMILES string of the molecule is Cc1ccnc(C#C[C@@H](C)O)c1. The predicted molar refractivity (Wildman–Crippen MR) is 47.5 cm³/mol. The van der Waals surface area contributed by atoms with Crippen LogP contribution in [0.15, 0.2) is 18.3 Å². The molecule has 0 amide bonds. The fraction of sp³-hybridized carbons (Fsp3) is 0.300. The molecule has 0 aromatic carbocycles. The second-order valence-corrected chi connectivity index (χ2v) is 2.66. The summed E-state index contributed by atoms with van der Waals surface area (Å²) < 4.78 is 0. The lowest BCUT2D eigenvalue weighted by molar-refractivity contribution is 0.253. The molecule has 1 heterocycles. The Bertz CT molecular complexity index is 320. The number of aliphatic hydroxyl groups excluding tert-OH is 1. The van der Waals surface area contributed by atoms with Crippen LogP contribution in [0.3, 0.4) is 0 Å². The Morgan fingerprint density at radius 1 is 1.58 bits per heavy atom. The number of nitrogens with zero attached hydrogens (tertiary/aromatic N) is 1. The van der Waals surface area contributed by atoms with Gasteiger partial charge in [-0.2, -0.15) is 0 Å². The largest absolute Gasteiger partial charge is 0.381 e. The van der Waals surface area contributed by atoms with E-state index in [4.69, 9.17) is 5.11 Å². The van der Waals surface area contributed by atoms with Crippen LogP contribution < -0.4 is 0 Å². The maximum Gasteiger partial charge on any atom is 0.113 e. The Morgan fingerprint density at radius 3 is 2.92 bits per heavy atom. The number of hydrogen-bond donors (Lipinski definition) is 1. The van der Waals surface area contributed by atoms with E-state index >= 15 is 0 Å². The van der Waals surface area contributed by atoms with Crippen LogP contribution >= 0.6 is 0 Å². The first kappa shape index (κ1) is 8.76. The van der Waals surface area contributed by atoms with Crippen molar-refractivity contribution in [3.8, 4) is 11.8 Å². The molecule has 2 heteroatoms. The van der Waals surface area contributed by atoms with Gasteiger partial charge >= 0.3 is 0 Å². The maximum atomic E-state index is 8.88. The molecule has 1 atom stereocenters. The van der Waals surface area contributed by atoms with Gasteiger partial charge in [-0.1, -0.05) is 5.92 Å². The van der Waals surface area contributed by atoms with E-state index in [1.165, 1.54) is 0 Å². The van der Waals surface area contributed by atoms with Crippen molar-refractivity contribution in [2.45, 2.75) is 20.0 Å². The third-order valence-corrected chi connectivity index (χ3v) is 1.32. The lowest BCUT2D eigenvalue weighted by Gasteiger charge is -1.92. The van der Waals surface area contributed by atoms with E-state index in [0.717, 1.165) is 5.56 Å². The Hall–Kier alpha value is -1.33. The Labute approximate surface area is 72.3 Å². The van der Waals surface area contributed by atoms with Crippen LogP contribution in [0.2, 0.25) is 0 Å². The monoisotopic (exact) mass is 161 g/mol. The first-order valence-electron chi connectivity index (χ1n) is 3.81. The van der Waals surface area contributed by atoms with Gasteiger partial charge in [-0.05, 0) is 37.5 Å². The maximum absolute atomic E-state index is 8.88. The molecular weight excluding hydrogens is 150 g/mol. The van der Waals surface area contributed by atoms with Gasteiger partial charge in [-0.25, -0.2) is 4.98 Å². The van der Waals surface area contributed by atoms with Gasteiger partial charge in [0.15, 0.2) is 0 Å². The molecule has 0 aliphatic rings. The molecule has 0 saturated heterocycles. The number of aryl methyl sites for hydroxylation is 1. The second kappa shape index (κ2) is 3.89. The van der Waals surface area contributed by atoms with Crippen LogP contribution in [-0.2, 0) is 0 Å². The van der Waals surface area contributed by atoms with Gasteiger partial charge in [0.25, 0.3) is 0 Å². The van der Waals surface area contributed by atoms with E-state index in [1.807, 2.05) is 19.1 Å². The van der Waals surface area contributed by atoms with Gasteiger partial charge in [0, 0.05) is 6.20 Å². The minimum absolute atomic E-state index is 0.590. The molecule has 0 aliphatic carbocycles. The molecule has 2 nitrogen and oxygen atoms in total. The predicted octanol–water partition coefficient (Wildman–Crippen LogP) is 1.12. The zero-order chi connectivity index (χ0) is 8.97. The fourth-order valence-corrected chi connectivity index (χ4v) is 0.783. The van der Waals surface area contributed by atoms with E-state index in [1.54, 1.807) is 13.1 Å². The molecule has 0 radical (unpaired) electrons. The molecule has 1 aromatic rings. The summed E-state index contributed by atoms with van der Waals surface area (Å²) in [6.45, 7) is 3.61. The van der Waals surface area contributed by atoms with Crippen LogP contribution in [0.4, 0.5) is 0 Å². The van der Waals surface area contributed by atoms with Crippen molar-refractivity contribution in [1.82, 2.24) is 4.98 Å². The van der Waals surface area contributed by atoms with Crippen molar-refractivity contribution in [2.75, 3.05) is 0 Å². The summed E-state index contributed by atoms with van der Waals surface area (Å²) in [5, 5.41) is 8.88. The van der Waals surface area contributed by atoms with Crippen molar-refractivity contribution in [3.63, 3.8) is 0 Å². The molecule has 0 bridgehead atoms. The van der Waals surface area contributed by atoms with E-state index in [-0.39, 0.29) is 0 Å². The van der Waals surface area contributed by atoms with Crippen LogP contribution in [0, 0.1) is 18.8 Å². The average molecular weight is 161 g/mol. The normalized spacial score (nSPS) is 11.6. The second-order valence-electron chi connectivity index (χ2n) is 2.66. The van der Waals surface area contributed by atoms with Gasteiger partial charge in [0.05, 0.1) is 0 Å². The van der Waals surface area contributed by atoms with Gasteiger partial charge in [0.2, 0.25) is 0 Å². The van der Waals surface area contributed by atoms with Crippen molar-refractivity contribution in [3.05, 3.63) is 29.6 Å². The highest BCUT2D eigenvalue weighted by atomic mass is 16.3. The zero-order valence-corrected chi connectivity index (χ0v) is 7.20. The number of aliphatic hydroxyl groups is 1. The minimum Gasteiger partial charge on any atom is -0.381 e. The van der Waals surface area contributed by atoms with Crippen LogP contribution in [0.5, 0.6) is 0 Å². The molecule has 1 aromatic heterocycles. The minimum atomic E-state index is -0.590. The Kier molecular flexibility index (Phi) is 2.84. The number of pyridine rings is 1. The average Bonchev–Trinajstić information content (AvgIpc) is 2.01. The van der Waals surface area contributed by atoms with Gasteiger partial charge in [-0.3, -0.25) is 0 Å². The molecule has 62 valence electrons. The first-order valence-corrected chi connectivity index (χ1v) is 3.81. The molecule has 0 unspecified atom stereocenters. The standard InChI is InChI=1S/C10H11NO/c1-8-5-6-11-10(7-8)4-3-9(2)12/h5-7,9,12H,1-2H3/t9-/m1/s1. The Morgan fingerprint density at radius 2 is 2.33 bits per heavy atom. The van der Waals surface area contributed by atoms with Crippen LogP contribution in [-0.4, -0.2) is 16.2 Å². The summed E-state index contributed by atoms with van der Waals surface area (Å²) in [6.07, 6.45) is 1.12. The fourth-order valence-electron chi connectivity index (χ4n) is 0.783. The molecule has 0 saturated carbocycles. The zero-order valence-electron chi connectivity index (χ0n) is 7.20. The molecule has 0 aliphatic heterocycles. The molecule has 12 heavy (non-hydrogen) atoms. The van der Waals surface area contributed by atoms with Crippen LogP contribution in [0.25, 0.3) is 0 Å². The van der Waals surface area contributed by atoms with Gasteiger partial charge in [0.1, 0.15) is 11.8 Å². The summed E-state index contributed by atoms with van der Waals surface area (Å²) in [4.78, 5) is 4.03. The lowest BCUT2D eigenvalue weighted by Crippen LogP contribution is -1.93. The molecule has 0 spiro atoms. The lowest BCUT2D eigenvalue weighted by atomic mass is 10.2. The summed E-state index contributed by atoms with van der Waals surface area (Å²) in [7, 11) is 0. The van der Waals surface area contributed by atoms with E-state index in [0.29, 0.717) is 5.69 Å². The highest BCUT2D eigenvalue weighted by Crippen LogP contribution is 1.97. The quantitative estimate of drug-likeness (QED) is 0.578. The molecular formula is C10H11NO. The topological polar surface area (TPSA) is 33.1 Å². The van der Waals surface area contributed by atoms with Crippen molar-refractivity contribution in [1.29, 1.82) is 0 Å². The molecule has 1 rings (SSSR count). The van der Waals surface area contributed by atoms with Crippen molar-refractivity contribution in [2.24, 2.45) is 0 Å². The van der Waals surface area contributed by atoms with E-state index in [2.05, 4.69) is 16.8 Å². The summed E-state index contributed by atoms with van der Waals surface area (Å²) >= 11 is 0.